The van der Waals surface area contributed by atoms with E-state index >= 15 is 0 Å². The molecule has 0 aliphatic heterocycles. The molecule has 1 heterocycles. The maximum absolute atomic E-state index is 11.8. The third-order valence-electron chi connectivity index (χ3n) is 3.38. The molecule has 1 aromatic carbocycles. The molecule has 0 bridgehead atoms. The van der Waals surface area contributed by atoms with E-state index in [0.717, 1.165) is 20.9 Å². The van der Waals surface area contributed by atoms with Crippen molar-refractivity contribution in [1.82, 2.24) is 10.3 Å². The number of benzene rings is 1. The molecule has 22 heavy (non-hydrogen) atoms. The van der Waals surface area contributed by atoms with E-state index < -0.39 is 12.0 Å². The van der Waals surface area contributed by atoms with Crippen LogP contribution in [0.15, 0.2) is 28.9 Å². The molecule has 0 aliphatic carbocycles. The van der Waals surface area contributed by atoms with Crippen molar-refractivity contribution in [1.29, 1.82) is 0 Å². The number of nitrogens with one attached hydrogen (secondary N) is 2. The lowest BCUT2D eigenvalue weighted by molar-refractivity contribution is -0.141. The Morgan fingerprint density at radius 3 is 2.73 bits per heavy atom. The number of halogens is 1. The number of amides is 1. The summed E-state index contributed by atoms with van der Waals surface area (Å²) in [7, 11) is 0. The highest BCUT2D eigenvalue weighted by Gasteiger charge is 2.22. The Morgan fingerprint density at radius 1 is 1.36 bits per heavy atom. The monoisotopic (exact) mass is 366 g/mol. The molecule has 1 unspecified atom stereocenters. The highest BCUT2D eigenvalue weighted by atomic mass is 79.9. The first kappa shape index (κ1) is 16.5. The number of carboxylic acids is 1. The van der Waals surface area contributed by atoms with Gasteiger partial charge in [-0.05, 0) is 29.7 Å². The summed E-state index contributed by atoms with van der Waals surface area (Å²) < 4.78 is 0.927. The van der Waals surface area contributed by atoms with Gasteiger partial charge in [0.25, 0.3) is 0 Å². The first-order chi connectivity index (χ1) is 10.4. The molecule has 0 fully saturated rings. The molecular weight excluding hydrogens is 348 g/mol. The van der Waals surface area contributed by atoms with Gasteiger partial charge in [0, 0.05) is 34.4 Å². The smallest absolute Gasteiger partial charge is 0.326 e. The zero-order chi connectivity index (χ0) is 16.3. The number of rotatable bonds is 6. The molecular formula is C16H19BrN2O3. The Bertz CT molecular complexity index is 694. The van der Waals surface area contributed by atoms with Crippen LogP contribution in [0, 0.1) is 5.92 Å². The van der Waals surface area contributed by atoms with Gasteiger partial charge in [-0.15, -0.1) is 0 Å². The Balaban J connectivity index is 2.18. The fraction of sp³-hybridized carbons (Fsp3) is 0.375. The lowest BCUT2D eigenvalue weighted by Gasteiger charge is -2.15. The number of carboxylic acid groups (broad SMARTS) is 1. The van der Waals surface area contributed by atoms with Crippen LogP contribution in [0.4, 0.5) is 0 Å². The van der Waals surface area contributed by atoms with Crippen molar-refractivity contribution in [3.05, 3.63) is 34.4 Å². The van der Waals surface area contributed by atoms with Gasteiger partial charge < -0.3 is 15.4 Å². The third-order valence-corrected chi connectivity index (χ3v) is 3.87. The molecule has 2 aromatic rings. The van der Waals surface area contributed by atoms with E-state index in [1.165, 1.54) is 0 Å². The highest BCUT2D eigenvalue weighted by molar-refractivity contribution is 9.10. The molecule has 0 spiro atoms. The summed E-state index contributed by atoms with van der Waals surface area (Å²) in [4.78, 5) is 26.4. The quantitative estimate of drug-likeness (QED) is 0.734. The van der Waals surface area contributed by atoms with Gasteiger partial charge in [-0.2, -0.15) is 0 Å². The zero-order valence-corrected chi connectivity index (χ0v) is 14.1. The second kappa shape index (κ2) is 6.96. The zero-order valence-electron chi connectivity index (χ0n) is 12.5. The Labute approximate surface area is 137 Å². The minimum absolute atomic E-state index is 0.193. The molecule has 0 aliphatic rings. The van der Waals surface area contributed by atoms with Crippen LogP contribution >= 0.6 is 15.9 Å². The van der Waals surface area contributed by atoms with Crippen molar-refractivity contribution in [3.63, 3.8) is 0 Å². The number of hydrogen-bond donors (Lipinski definition) is 3. The van der Waals surface area contributed by atoms with Crippen molar-refractivity contribution in [2.24, 2.45) is 5.92 Å². The normalized spacial score (nSPS) is 12.5. The Hall–Kier alpha value is -1.82. The summed E-state index contributed by atoms with van der Waals surface area (Å²) in [5.74, 6) is -1.07. The SMILES string of the molecule is CC(C)CC(=O)NC(Cc1c[nH]c2ccc(Br)cc12)C(=O)O. The molecule has 3 N–H and O–H groups in total. The van der Waals surface area contributed by atoms with Gasteiger partial charge in [0.2, 0.25) is 5.91 Å². The first-order valence-electron chi connectivity index (χ1n) is 7.14. The Morgan fingerprint density at radius 2 is 2.09 bits per heavy atom. The Kier molecular flexibility index (Phi) is 5.24. The van der Waals surface area contributed by atoms with Crippen molar-refractivity contribution in [2.75, 3.05) is 0 Å². The molecule has 1 amide bonds. The van der Waals surface area contributed by atoms with E-state index in [9.17, 15) is 14.7 Å². The van der Waals surface area contributed by atoms with Crippen LogP contribution in [0.25, 0.3) is 10.9 Å². The predicted molar refractivity (Wildman–Crippen MR) is 88.7 cm³/mol. The van der Waals surface area contributed by atoms with E-state index in [2.05, 4.69) is 26.2 Å². The lowest BCUT2D eigenvalue weighted by Crippen LogP contribution is -2.42. The topological polar surface area (TPSA) is 82.2 Å². The maximum Gasteiger partial charge on any atom is 0.326 e. The average molecular weight is 367 g/mol. The highest BCUT2D eigenvalue weighted by Crippen LogP contribution is 2.23. The number of carbonyl (C=O) groups is 2. The number of fused-ring (bicyclic) bond motifs is 1. The minimum Gasteiger partial charge on any atom is -0.480 e. The van der Waals surface area contributed by atoms with E-state index in [1.807, 2.05) is 32.0 Å². The van der Waals surface area contributed by atoms with Crippen molar-refractivity contribution < 1.29 is 14.7 Å². The van der Waals surface area contributed by atoms with Gasteiger partial charge in [0.05, 0.1) is 0 Å². The minimum atomic E-state index is -1.03. The van der Waals surface area contributed by atoms with Crippen LogP contribution in [0.5, 0.6) is 0 Å². The van der Waals surface area contributed by atoms with Crippen LogP contribution in [0.2, 0.25) is 0 Å². The van der Waals surface area contributed by atoms with Gasteiger partial charge in [-0.25, -0.2) is 4.79 Å². The maximum atomic E-state index is 11.8. The van der Waals surface area contributed by atoms with Crippen molar-refractivity contribution >= 4 is 38.7 Å². The van der Waals surface area contributed by atoms with E-state index in [0.29, 0.717) is 6.42 Å². The number of aromatic nitrogens is 1. The first-order valence-corrected chi connectivity index (χ1v) is 7.93. The standard InChI is InChI=1S/C16H19BrN2O3/c1-9(2)5-15(20)19-14(16(21)22)6-10-8-18-13-4-3-11(17)7-12(10)13/h3-4,7-9,14,18H,5-6H2,1-2H3,(H,19,20)(H,21,22). The molecule has 118 valence electrons. The average Bonchev–Trinajstić information content (AvgIpc) is 2.79. The summed E-state index contributed by atoms with van der Waals surface area (Å²) in [6, 6.07) is 4.86. The molecule has 1 aromatic heterocycles. The second-order valence-electron chi connectivity index (χ2n) is 5.76. The van der Waals surface area contributed by atoms with Gasteiger partial charge >= 0.3 is 5.97 Å². The molecule has 0 saturated carbocycles. The molecule has 6 heteroatoms. The molecule has 1 atom stereocenters. The van der Waals surface area contributed by atoms with Crippen LogP contribution in [-0.4, -0.2) is 28.0 Å². The van der Waals surface area contributed by atoms with Gasteiger partial charge in [0.15, 0.2) is 0 Å². The molecule has 0 saturated heterocycles. The van der Waals surface area contributed by atoms with Gasteiger partial charge in [-0.3, -0.25) is 4.79 Å². The number of aromatic amines is 1. The second-order valence-corrected chi connectivity index (χ2v) is 6.68. The fourth-order valence-electron chi connectivity index (χ4n) is 2.36. The number of H-pyrrole nitrogens is 1. The summed E-state index contributed by atoms with van der Waals surface area (Å²) >= 11 is 3.41. The van der Waals surface area contributed by atoms with E-state index in [1.54, 1.807) is 6.20 Å². The van der Waals surface area contributed by atoms with Crippen molar-refractivity contribution in [2.45, 2.75) is 32.7 Å². The summed E-state index contributed by atoms with van der Waals surface area (Å²) in [6.07, 6.45) is 2.36. The summed E-state index contributed by atoms with van der Waals surface area (Å²) in [6.45, 7) is 3.85. The number of carbonyl (C=O) groups excluding carboxylic acids is 1. The van der Waals surface area contributed by atoms with Crippen LogP contribution in [0.1, 0.15) is 25.8 Å². The van der Waals surface area contributed by atoms with E-state index in [-0.39, 0.29) is 18.2 Å². The molecule has 5 nitrogen and oxygen atoms in total. The largest absolute Gasteiger partial charge is 0.480 e. The van der Waals surface area contributed by atoms with Gasteiger partial charge in [0.1, 0.15) is 6.04 Å². The molecule has 0 radical (unpaired) electrons. The lowest BCUT2D eigenvalue weighted by atomic mass is 10.0. The van der Waals surface area contributed by atoms with Crippen LogP contribution < -0.4 is 5.32 Å². The number of hydrogen-bond acceptors (Lipinski definition) is 2. The van der Waals surface area contributed by atoms with Gasteiger partial charge in [-0.1, -0.05) is 29.8 Å². The molecule has 2 rings (SSSR count). The van der Waals surface area contributed by atoms with Crippen LogP contribution in [-0.2, 0) is 16.0 Å². The predicted octanol–water partition coefficient (Wildman–Crippen LogP) is 3.09. The van der Waals surface area contributed by atoms with E-state index in [4.69, 9.17) is 0 Å². The van der Waals surface area contributed by atoms with Crippen molar-refractivity contribution in [3.8, 4) is 0 Å². The summed E-state index contributed by atoms with van der Waals surface area (Å²) in [5, 5.41) is 12.9. The van der Waals surface area contributed by atoms with Crippen LogP contribution in [0.3, 0.4) is 0 Å². The fourth-order valence-corrected chi connectivity index (χ4v) is 2.72. The third kappa shape index (κ3) is 4.10. The summed E-state index contributed by atoms with van der Waals surface area (Å²) in [5.41, 5.74) is 1.81. The number of aliphatic carboxylic acids is 1.